The number of aryl methyl sites for hydroxylation is 1. The van der Waals surface area contributed by atoms with Crippen LogP contribution >= 0.6 is 0 Å². The quantitative estimate of drug-likeness (QED) is 0.480. The fraction of sp³-hybridized carbons (Fsp3) is 0.0417. The Kier molecular flexibility index (Phi) is 4.35. The van der Waals surface area contributed by atoms with E-state index in [-0.39, 0.29) is 5.91 Å². The van der Waals surface area contributed by atoms with Crippen LogP contribution in [0.25, 0.3) is 10.8 Å². The van der Waals surface area contributed by atoms with Crippen molar-refractivity contribution in [1.82, 2.24) is 0 Å². The normalized spacial score (nSPS) is 10.7. The number of nitrogen functional groups attached to an aromatic ring is 1. The zero-order chi connectivity index (χ0) is 18.8. The number of benzene rings is 4. The minimum absolute atomic E-state index is 0.0837. The van der Waals surface area contributed by atoms with Gasteiger partial charge in [-0.1, -0.05) is 48.5 Å². The molecule has 27 heavy (non-hydrogen) atoms. The maximum absolute atomic E-state index is 13.4. The molecule has 0 saturated heterocycles. The molecular weight excluding hydrogens is 332 g/mol. The number of amides is 1. The van der Waals surface area contributed by atoms with Crippen molar-refractivity contribution in [2.75, 3.05) is 10.6 Å². The van der Waals surface area contributed by atoms with Crippen LogP contribution in [0.15, 0.2) is 91.0 Å². The molecule has 0 atom stereocenters. The van der Waals surface area contributed by atoms with Crippen LogP contribution in [0.1, 0.15) is 15.9 Å². The largest absolute Gasteiger partial charge is 0.399 e. The first-order valence-corrected chi connectivity index (χ1v) is 8.88. The smallest absolute Gasteiger partial charge is 0.262 e. The number of fused-ring (bicyclic) bond motifs is 1. The third kappa shape index (κ3) is 3.27. The van der Waals surface area contributed by atoms with E-state index in [2.05, 4.69) is 18.2 Å². The van der Waals surface area contributed by atoms with Gasteiger partial charge in [0.05, 0.1) is 5.69 Å². The highest BCUT2D eigenvalue weighted by atomic mass is 16.2. The maximum Gasteiger partial charge on any atom is 0.262 e. The van der Waals surface area contributed by atoms with Crippen molar-refractivity contribution in [3.05, 3.63) is 102 Å². The van der Waals surface area contributed by atoms with Crippen LogP contribution in [-0.4, -0.2) is 5.91 Å². The summed E-state index contributed by atoms with van der Waals surface area (Å²) in [6.45, 7) is 2.01. The van der Waals surface area contributed by atoms with E-state index in [1.807, 2.05) is 55.5 Å². The van der Waals surface area contributed by atoms with E-state index < -0.39 is 0 Å². The molecule has 1 amide bonds. The molecule has 4 rings (SSSR count). The lowest BCUT2D eigenvalue weighted by Gasteiger charge is -2.25. The summed E-state index contributed by atoms with van der Waals surface area (Å²) in [5, 5.41) is 2.24. The molecule has 0 unspecified atom stereocenters. The molecule has 0 heterocycles. The SMILES string of the molecule is Cc1ccccc1N(C(=O)c1ccc(N)cc1)c1ccc2ccccc2c1. The summed E-state index contributed by atoms with van der Waals surface area (Å²) in [4.78, 5) is 15.2. The van der Waals surface area contributed by atoms with Gasteiger partial charge >= 0.3 is 0 Å². The molecule has 2 N–H and O–H groups in total. The first kappa shape index (κ1) is 16.9. The first-order valence-electron chi connectivity index (χ1n) is 8.88. The molecule has 0 saturated carbocycles. The lowest BCUT2D eigenvalue weighted by atomic mass is 10.1. The lowest BCUT2D eigenvalue weighted by molar-refractivity contribution is 0.0999. The fourth-order valence-electron chi connectivity index (χ4n) is 3.25. The van der Waals surface area contributed by atoms with E-state index in [1.54, 1.807) is 29.2 Å². The van der Waals surface area contributed by atoms with Gasteiger partial charge in [0, 0.05) is 16.9 Å². The van der Waals surface area contributed by atoms with Crippen LogP contribution in [0.2, 0.25) is 0 Å². The number of nitrogens with two attached hydrogens (primary N) is 1. The average molecular weight is 352 g/mol. The Hall–Kier alpha value is -3.59. The molecule has 132 valence electrons. The van der Waals surface area contributed by atoms with E-state index >= 15 is 0 Å². The van der Waals surface area contributed by atoms with Crippen LogP contribution in [0.4, 0.5) is 17.1 Å². The van der Waals surface area contributed by atoms with Crippen molar-refractivity contribution in [3.8, 4) is 0 Å². The standard InChI is InChI=1S/C24H20N2O/c1-17-6-2-5-9-23(17)26(24(27)19-10-13-21(25)14-11-19)22-15-12-18-7-3-4-8-20(18)16-22/h2-16H,25H2,1H3. The predicted octanol–water partition coefficient (Wildman–Crippen LogP) is 5.71. The Morgan fingerprint density at radius 1 is 0.778 bits per heavy atom. The number of rotatable bonds is 3. The van der Waals surface area contributed by atoms with Crippen molar-refractivity contribution in [2.24, 2.45) is 0 Å². The highest BCUT2D eigenvalue weighted by Crippen LogP contribution is 2.32. The molecule has 0 aliphatic heterocycles. The molecule has 0 aliphatic carbocycles. The van der Waals surface area contributed by atoms with Gasteiger partial charge in [-0.05, 0) is 65.7 Å². The first-order chi connectivity index (χ1) is 13.1. The highest BCUT2D eigenvalue weighted by molar-refractivity contribution is 6.12. The molecule has 0 aromatic heterocycles. The Morgan fingerprint density at radius 2 is 1.44 bits per heavy atom. The zero-order valence-corrected chi connectivity index (χ0v) is 15.1. The van der Waals surface area contributed by atoms with Gasteiger partial charge in [-0.3, -0.25) is 9.69 Å². The van der Waals surface area contributed by atoms with E-state index in [4.69, 9.17) is 5.73 Å². The third-order valence-electron chi connectivity index (χ3n) is 4.71. The molecule has 0 aliphatic rings. The minimum Gasteiger partial charge on any atom is -0.399 e. The van der Waals surface area contributed by atoms with Crippen molar-refractivity contribution < 1.29 is 4.79 Å². The number of hydrogen-bond donors (Lipinski definition) is 1. The number of carbonyl (C=O) groups excluding carboxylic acids is 1. The van der Waals surface area contributed by atoms with Crippen molar-refractivity contribution in [3.63, 3.8) is 0 Å². The molecule has 0 radical (unpaired) electrons. The van der Waals surface area contributed by atoms with E-state index in [9.17, 15) is 4.79 Å². The summed E-state index contributed by atoms with van der Waals surface area (Å²) in [6.07, 6.45) is 0. The topological polar surface area (TPSA) is 46.3 Å². The van der Waals surface area contributed by atoms with E-state index in [0.717, 1.165) is 27.7 Å². The maximum atomic E-state index is 13.4. The van der Waals surface area contributed by atoms with Crippen molar-refractivity contribution in [1.29, 1.82) is 0 Å². The second-order valence-electron chi connectivity index (χ2n) is 6.58. The molecule has 0 bridgehead atoms. The van der Waals surface area contributed by atoms with Crippen molar-refractivity contribution >= 4 is 33.7 Å². The molecule has 0 spiro atoms. The fourth-order valence-corrected chi connectivity index (χ4v) is 3.25. The second-order valence-corrected chi connectivity index (χ2v) is 6.58. The number of hydrogen-bond acceptors (Lipinski definition) is 2. The van der Waals surface area contributed by atoms with Gasteiger partial charge in [-0.25, -0.2) is 0 Å². The second kappa shape index (κ2) is 6.96. The molecule has 4 aromatic carbocycles. The summed E-state index contributed by atoms with van der Waals surface area (Å²) in [7, 11) is 0. The van der Waals surface area contributed by atoms with Gasteiger partial charge in [0.15, 0.2) is 0 Å². The summed E-state index contributed by atoms with van der Waals surface area (Å²) in [6, 6.07) is 29.2. The molecule has 3 nitrogen and oxygen atoms in total. The summed E-state index contributed by atoms with van der Waals surface area (Å²) in [5.41, 5.74) is 9.77. The van der Waals surface area contributed by atoms with E-state index in [0.29, 0.717) is 11.3 Å². The Morgan fingerprint density at radius 3 is 2.19 bits per heavy atom. The van der Waals surface area contributed by atoms with Crippen LogP contribution in [0.3, 0.4) is 0 Å². The van der Waals surface area contributed by atoms with Crippen LogP contribution < -0.4 is 10.6 Å². The predicted molar refractivity (Wildman–Crippen MR) is 112 cm³/mol. The van der Waals surface area contributed by atoms with Crippen LogP contribution in [-0.2, 0) is 0 Å². The molecule has 4 aromatic rings. The average Bonchev–Trinajstić information content (AvgIpc) is 2.70. The van der Waals surface area contributed by atoms with Gasteiger partial charge in [0.2, 0.25) is 0 Å². The summed E-state index contributed by atoms with van der Waals surface area (Å²) < 4.78 is 0. The van der Waals surface area contributed by atoms with Gasteiger partial charge in [0.25, 0.3) is 5.91 Å². The Labute approximate surface area is 158 Å². The van der Waals surface area contributed by atoms with Gasteiger partial charge < -0.3 is 5.73 Å². The lowest BCUT2D eigenvalue weighted by Crippen LogP contribution is -2.26. The van der Waals surface area contributed by atoms with Crippen LogP contribution in [0, 0.1) is 6.92 Å². The van der Waals surface area contributed by atoms with Gasteiger partial charge in [0.1, 0.15) is 0 Å². The van der Waals surface area contributed by atoms with Crippen molar-refractivity contribution in [2.45, 2.75) is 6.92 Å². The summed E-state index contributed by atoms with van der Waals surface area (Å²) in [5.74, 6) is -0.0837. The minimum atomic E-state index is -0.0837. The molecule has 0 fully saturated rings. The number of carbonyl (C=O) groups is 1. The Bertz CT molecular complexity index is 1120. The number of nitrogens with zero attached hydrogens (tertiary/aromatic N) is 1. The van der Waals surface area contributed by atoms with Gasteiger partial charge in [-0.15, -0.1) is 0 Å². The van der Waals surface area contributed by atoms with Gasteiger partial charge in [-0.2, -0.15) is 0 Å². The third-order valence-corrected chi connectivity index (χ3v) is 4.71. The molecule has 3 heteroatoms. The zero-order valence-electron chi connectivity index (χ0n) is 15.1. The monoisotopic (exact) mass is 352 g/mol. The van der Waals surface area contributed by atoms with E-state index in [1.165, 1.54) is 0 Å². The number of para-hydroxylation sites is 1. The highest BCUT2D eigenvalue weighted by Gasteiger charge is 2.21. The Balaban J connectivity index is 1.88. The molecular formula is C24H20N2O. The summed E-state index contributed by atoms with van der Waals surface area (Å²) >= 11 is 0. The van der Waals surface area contributed by atoms with Crippen LogP contribution in [0.5, 0.6) is 0 Å². The number of anilines is 3.